The molecule has 1 aliphatic rings. The van der Waals surface area contributed by atoms with Gasteiger partial charge in [-0.05, 0) is 61.6 Å². The number of benzene rings is 2. The second kappa shape index (κ2) is 11.4. The molecule has 3 rings (SSSR count). The minimum Gasteiger partial charge on any atom is -0.493 e. The maximum atomic E-state index is 12.4. The maximum Gasteiger partial charge on any atom is 0.338 e. The third kappa shape index (κ3) is 7.52. The van der Waals surface area contributed by atoms with Gasteiger partial charge in [-0.15, -0.1) is 0 Å². The summed E-state index contributed by atoms with van der Waals surface area (Å²) in [5.41, 5.74) is 1.15. The first-order valence-corrected chi connectivity index (χ1v) is 11.0. The highest BCUT2D eigenvalue weighted by Crippen LogP contribution is 2.28. The molecule has 176 valence electrons. The summed E-state index contributed by atoms with van der Waals surface area (Å²) in [5.74, 6) is 0.125. The van der Waals surface area contributed by atoms with Crippen LogP contribution in [0.15, 0.2) is 42.5 Å². The molecule has 8 nitrogen and oxygen atoms in total. The molecule has 0 heterocycles. The number of esters is 1. The van der Waals surface area contributed by atoms with Gasteiger partial charge in [0.25, 0.3) is 11.8 Å². The van der Waals surface area contributed by atoms with Crippen molar-refractivity contribution in [1.82, 2.24) is 5.32 Å². The third-order valence-electron chi connectivity index (χ3n) is 5.01. The van der Waals surface area contributed by atoms with Crippen LogP contribution >= 0.6 is 0 Å². The van der Waals surface area contributed by atoms with Crippen LogP contribution in [0.3, 0.4) is 0 Å². The van der Waals surface area contributed by atoms with E-state index in [0.717, 1.165) is 19.3 Å². The Morgan fingerprint density at radius 1 is 1.03 bits per heavy atom. The highest BCUT2D eigenvalue weighted by atomic mass is 16.5. The number of anilines is 1. The summed E-state index contributed by atoms with van der Waals surface area (Å²) in [7, 11) is 1.49. The quantitative estimate of drug-likeness (QED) is 0.501. The lowest BCUT2D eigenvalue weighted by atomic mass is 10.1. The van der Waals surface area contributed by atoms with Crippen molar-refractivity contribution in [2.24, 2.45) is 5.92 Å². The van der Waals surface area contributed by atoms with E-state index in [9.17, 15) is 14.4 Å². The van der Waals surface area contributed by atoms with E-state index in [1.807, 2.05) is 0 Å². The largest absolute Gasteiger partial charge is 0.493 e. The number of hydrogen-bond donors (Lipinski definition) is 2. The van der Waals surface area contributed by atoms with Gasteiger partial charge in [0.05, 0.1) is 19.3 Å². The van der Waals surface area contributed by atoms with Gasteiger partial charge in [0.1, 0.15) is 0 Å². The molecule has 33 heavy (non-hydrogen) atoms. The molecule has 2 N–H and O–H groups in total. The molecule has 2 amide bonds. The van der Waals surface area contributed by atoms with Gasteiger partial charge in [-0.2, -0.15) is 0 Å². The molecule has 1 saturated carbocycles. The third-order valence-corrected chi connectivity index (χ3v) is 5.01. The second-order valence-corrected chi connectivity index (χ2v) is 8.35. The predicted octanol–water partition coefficient (Wildman–Crippen LogP) is 3.81. The van der Waals surface area contributed by atoms with E-state index in [1.165, 1.54) is 13.2 Å². The minimum atomic E-state index is -0.658. The molecular weight excluding hydrogens is 424 g/mol. The zero-order chi connectivity index (χ0) is 23.8. The Kier molecular flexibility index (Phi) is 8.29. The van der Waals surface area contributed by atoms with E-state index < -0.39 is 18.5 Å². The minimum absolute atomic E-state index is 0.175. The molecule has 0 atom stereocenters. The van der Waals surface area contributed by atoms with Gasteiger partial charge in [-0.3, -0.25) is 9.59 Å². The van der Waals surface area contributed by atoms with Crippen LogP contribution in [-0.4, -0.2) is 44.1 Å². The Hall–Kier alpha value is -3.55. The number of hydrogen-bond acceptors (Lipinski definition) is 6. The normalized spacial score (nSPS) is 12.7. The van der Waals surface area contributed by atoms with Crippen molar-refractivity contribution in [1.29, 1.82) is 0 Å². The van der Waals surface area contributed by atoms with Crippen LogP contribution in [0.5, 0.6) is 11.5 Å². The average molecular weight is 455 g/mol. The summed E-state index contributed by atoms with van der Waals surface area (Å²) < 4.78 is 16.2. The summed E-state index contributed by atoms with van der Waals surface area (Å²) in [5, 5.41) is 5.53. The van der Waals surface area contributed by atoms with Crippen LogP contribution in [0.2, 0.25) is 0 Å². The van der Waals surface area contributed by atoms with Crippen molar-refractivity contribution in [3.8, 4) is 11.5 Å². The SMILES string of the molecule is COc1cc(C(=O)OCC(=O)Nc2cccc(C(=O)NC3CC3)c2)ccc1OCCC(C)C. The van der Waals surface area contributed by atoms with Crippen molar-refractivity contribution in [2.75, 3.05) is 25.6 Å². The number of carbonyl (C=O) groups excluding carboxylic acids is 3. The van der Waals surface area contributed by atoms with Crippen molar-refractivity contribution in [3.05, 3.63) is 53.6 Å². The predicted molar refractivity (Wildman–Crippen MR) is 124 cm³/mol. The van der Waals surface area contributed by atoms with E-state index >= 15 is 0 Å². The van der Waals surface area contributed by atoms with Gasteiger partial charge in [0.2, 0.25) is 0 Å². The standard InChI is InChI=1S/C25H30N2O6/c1-16(2)11-12-32-21-10-7-18(14-22(21)31-3)25(30)33-15-23(28)26-20-6-4-5-17(13-20)24(29)27-19-8-9-19/h4-7,10,13-14,16,19H,8-9,11-12,15H2,1-3H3,(H,26,28)(H,27,29). The van der Waals surface area contributed by atoms with Crippen molar-refractivity contribution < 1.29 is 28.6 Å². The monoisotopic (exact) mass is 454 g/mol. The fourth-order valence-corrected chi connectivity index (χ4v) is 2.96. The van der Waals surface area contributed by atoms with Gasteiger partial charge >= 0.3 is 5.97 Å². The number of nitrogens with one attached hydrogen (secondary N) is 2. The van der Waals surface area contributed by atoms with Crippen LogP contribution in [0.1, 0.15) is 53.8 Å². The molecular formula is C25H30N2O6. The zero-order valence-electron chi connectivity index (χ0n) is 19.2. The molecule has 2 aromatic rings. The van der Waals surface area contributed by atoms with E-state index in [4.69, 9.17) is 14.2 Å². The van der Waals surface area contributed by atoms with Crippen molar-refractivity contribution in [3.63, 3.8) is 0 Å². The Balaban J connectivity index is 1.51. The molecule has 0 bridgehead atoms. The molecule has 0 unspecified atom stereocenters. The van der Waals surface area contributed by atoms with Crippen molar-refractivity contribution in [2.45, 2.75) is 39.2 Å². The van der Waals surface area contributed by atoms with E-state index in [2.05, 4.69) is 24.5 Å². The smallest absolute Gasteiger partial charge is 0.338 e. The Morgan fingerprint density at radius 3 is 2.52 bits per heavy atom. The average Bonchev–Trinajstić information content (AvgIpc) is 3.61. The molecule has 0 saturated heterocycles. The summed E-state index contributed by atoms with van der Waals surface area (Å²) in [6.45, 7) is 4.30. The van der Waals surface area contributed by atoms with Crippen molar-refractivity contribution >= 4 is 23.5 Å². The Bertz CT molecular complexity index is 1000. The van der Waals surface area contributed by atoms with E-state index in [1.54, 1.807) is 36.4 Å². The van der Waals surface area contributed by atoms with Crippen LogP contribution in [0.25, 0.3) is 0 Å². The van der Waals surface area contributed by atoms with Gasteiger partial charge in [0, 0.05) is 17.3 Å². The van der Waals surface area contributed by atoms with Crippen LogP contribution in [-0.2, 0) is 9.53 Å². The van der Waals surface area contributed by atoms with Gasteiger partial charge in [-0.25, -0.2) is 4.79 Å². The van der Waals surface area contributed by atoms with E-state index in [-0.39, 0.29) is 17.5 Å². The summed E-state index contributed by atoms with van der Waals surface area (Å²) >= 11 is 0. The second-order valence-electron chi connectivity index (χ2n) is 8.35. The highest BCUT2D eigenvalue weighted by Gasteiger charge is 2.24. The van der Waals surface area contributed by atoms with Gasteiger partial charge in [-0.1, -0.05) is 19.9 Å². The Labute approximate surface area is 193 Å². The number of amides is 2. The van der Waals surface area contributed by atoms with Crippen LogP contribution in [0.4, 0.5) is 5.69 Å². The molecule has 8 heteroatoms. The lowest BCUT2D eigenvalue weighted by Gasteiger charge is -2.13. The number of methoxy groups -OCH3 is 1. The maximum absolute atomic E-state index is 12.4. The summed E-state index contributed by atoms with van der Waals surface area (Å²) in [4.78, 5) is 36.8. The van der Waals surface area contributed by atoms with Crippen LogP contribution < -0.4 is 20.1 Å². The first-order valence-electron chi connectivity index (χ1n) is 11.0. The summed E-state index contributed by atoms with van der Waals surface area (Å²) in [6, 6.07) is 11.6. The highest BCUT2D eigenvalue weighted by molar-refractivity contribution is 5.98. The number of rotatable bonds is 11. The lowest BCUT2D eigenvalue weighted by molar-refractivity contribution is -0.119. The fourth-order valence-electron chi connectivity index (χ4n) is 2.96. The Morgan fingerprint density at radius 2 is 1.82 bits per heavy atom. The molecule has 0 aliphatic heterocycles. The van der Waals surface area contributed by atoms with Gasteiger partial charge < -0.3 is 24.8 Å². The van der Waals surface area contributed by atoms with Crippen LogP contribution in [0, 0.1) is 5.92 Å². The lowest BCUT2D eigenvalue weighted by Crippen LogP contribution is -2.25. The van der Waals surface area contributed by atoms with E-state index in [0.29, 0.717) is 35.3 Å². The molecule has 0 spiro atoms. The van der Waals surface area contributed by atoms with Gasteiger partial charge in [0.15, 0.2) is 18.1 Å². The number of ether oxygens (including phenoxy) is 3. The molecule has 2 aromatic carbocycles. The topological polar surface area (TPSA) is 103 Å². The first kappa shape index (κ1) is 24.1. The molecule has 1 fully saturated rings. The first-order chi connectivity index (χ1) is 15.9. The molecule has 0 radical (unpaired) electrons. The molecule has 0 aromatic heterocycles. The molecule has 1 aliphatic carbocycles. The number of carbonyl (C=O) groups is 3. The fraction of sp³-hybridized carbons (Fsp3) is 0.400. The zero-order valence-corrected chi connectivity index (χ0v) is 19.2. The summed E-state index contributed by atoms with van der Waals surface area (Å²) in [6.07, 6.45) is 2.89.